The molecule has 2 N–H and O–H groups in total. The molecule has 6 heteroatoms. The minimum Gasteiger partial charge on any atom is -0.462 e. The maximum Gasteiger partial charge on any atom is 0.350 e. The van der Waals surface area contributed by atoms with E-state index in [0.29, 0.717) is 27.4 Å². The molecule has 0 amide bonds. The molecule has 0 saturated heterocycles. The molecule has 2 aromatic rings. The number of anilines is 1. The van der Waals surface area contributed by atoms with Crippen molar-refractivity contribution in [3.8, 4) is 0 Å². The number of fused-ring (bicyclic) bond motifs is 1. The Kier molecular flexibility index (Phi) is 2.89. The lowest BCUT2D eigenvalue weighted by Crippen LogP contribution is -2.13. The second-order valence-electron chi connectivity index (χ2n) is 3.51. The molecule has 0 aliphatic carbocycles. The van der Waals surface area contributed by atoms with Crippen LogP contribution in [-0.4, -0.2) is 17.1 Å². The average Bonchev–Trinajstić information content (AvgIpc) is 2.63. The molecule has 2 heterocycles. The highest BCUT2D eigenvalue weighted by Gasteiger charge is 2.18. The van der Waals surface area contributed by atoms with E-state index in [-0.39, 0.29) is 5.56 Å². The number of hydrogen-bond acceptors (Lipinski definition) is 5. The fourth-order valence-corrected chi connectivity index (χ4v) is 2.64. The van der Waals surface area contributed by atoms with Gasteiger partial charge in [0.25, 0.3) is 5.56 Å². The Morgan fingerprint density at radius 2 is 2.24 bits per heavy atom. The standard InChI is InChI=1S/C11H12N2O3S/c1-3-16-11(15)9-8(12)6-4-5-7(14)13(2)10(6)17-9/h4-5H,3,12H2,1-2H3. The van der Waals surface area contributed by atoms with Crippen LogP contribution < -0.4 is 11.3 Å². The van der Waals surface area contributed by atoms with Gasteiger partial charge in [-0.3, -0.25) is 4.79 Å². The number of nitrogen functional groups attached to an aromatic ring is 1. The van der Waals surface area contributed by atoms with Crippen LogP contribution in [-0.2, 0) is 11.8 Å². The third-order valence-electron chi connectivity index (χ3n) is 2.45. The molecular weight excluding hydrogens is 240 g/mol. The van der Waals surface area contributed by atoms with Gasteiger partial charge in [-0.2, -0.15) is 0 Å². The van der Waals surface area contributed by atoms with Crippen molar-refractivity contribution in [2.45, 2.75) is 6.92 Å². The molecule has 0 aromatic carbocycles. The summed E-state index contributed by atoms with van der Waals surface area (Å²) in [6, 6.07) is 3.06. The van der Waals surface area contributed by atoms with Crippen LogP contribution in [0.25, 0.3) is 10.2 Å². The Labute approximate surface area is 101 Å². The molecule has 0 aliphatic rings. The van der Waals surface area contributed by atoms with E-state index in [1.807, 2.05) is 0 Å². The smallest absolute Gasteiger partial charge is 0.350 e. The van der Waals surface area contributed by atoms with Crippen molar-refractivity contribution < 1.29 is 9.53 Å². The first-order valence-electron chi connectivity index (χ1n) is 5.11. The molecular formula is C11H12N2O3S. The predicted octanol–water partition coefficient (Wildman–Crippen LogP) is 1.36. The first-order valence-corrected chi connectivity index (χ1v) is 5.93. The van der Waals surface area contributed by atoms with Gasteiger partial charge in [-0.05, 0) is 13.0 Å². The molecule has 0 spiro atoms. The third-order valence-corrected chi connectivity index (χ3v) is 3.73. The van der Waals surface area contributed by atoms with Crippen LogP contribution in [0.5, 0.6) is 0 Å². The van der Waals surface area contributed by atoms with E-state index in [9.17, 15) is 9.59 Å². The van der Waals surface area contributed by atoms with E-state index in [2.05, 4.69) is 0 Å². The number of hydrogen-bond donors (Lipinski definition) is 1. The zero-order valence-corrected chi connectivity index (χ0v) is 10.3. The minimum absolute atomic E-state index is 0.130. The Bertz CT molecular complexity index is 642. The van der Waals surface area contributed by atoms with E-state index in [1.54, 1.807) is 20.0 Å². The Balaban J connectivity index is 2.68. The Hall–Kier alpha value is -1.82. The van der Waals surface area contributed by atoms with E-state index >= 15 is 0 Å². The van der Waals surface area contributed by atoms with E-state index < -0.39 is 5.97 Å². The van der Waals surface area contributed by atoms with Gasteiger partial charge >= 0.3 is 5.97 Å². The second kappa shape index (κ2) is 4.21. The predicted molar refractivity (Wildman–Crippen MR) is 67.4 cm³/mol. The summed E-state index contributed by atoms with van der Waals surface area (Å²) < 4.78 is 6.38. The molecule has 0 fully saturated rings. The number of esters is 1. The number of nitrogens with zero attached hydrogens (tertiary/aromatic N) is 1. The quantitative estimate of drug-likeness (QED) is 0.819. The largest absolute Gasteiger partial charge is 0.462 e. The van der Waals surface area contributed by atoms with Crippen LogP contribution >= 0.6 is 11.3 Å². The van der Waals surface area contributed by atoms with Gasteiger partial charge in [0.2, 0.25) is 0 Å². The van der Waals surface area contributed by atoms with Gasteiger partial charge in [0.1, 0.15) is 9.71 Å². The molecule has 2 rings (SSSR count). The summed E-state index contributed by atoms with van der Waals surface area (Å²) in [5, 5.41) is 0.708. The van der Waals surface area contributed by atoms with Crippen LogP contribution in [0, 0.1) is 0 Å². The first kappa shape index (κ1) is 11.7. The average molecular weight is 252 g/mol. The summed E-state index contributed by atoms with van der Waals surface area (Å²) in [5.41, 5.74) is 6.13. The van der Waals surface area contributed by atoms with Crippen molar-refractivity contribution in [2.24, 2.45) is 7.05 Å². The summed E-state index contributed by atoms with van der Waals surface area (Å²) in [7, 11) is 1.65. The Morgan fingerprint density at radius 3 is 2.88 bits per heavy atom. The number of pyridine rings is 1. The number of carbonyl (C=O) groups is 1. The van der Waals surface area contributed by atoms with Gasteiger partial charge in [-0.25, -0.2) is 4.79 Å². The lowest BCUT2D eigenvalue weighted by Gasteiger charge is -1.98. The van der Waals surface area contributed by atoms with Gasteiger partial charge < -0.3 is 15.0 Å². The van der Waals surface area contributed by atoms with Crippen molar-refractivity contribution in [1.29, 1.82) is 0 Å². The number of rotatable bonds is 2. The van der Waals surface area contributed by atoms with Crippen LogP contribution in [0.2, 0.25) is 0 Å². The van der Waals surface area contributed by atoms with Crippen LogP contribution in [0.3, 0.4) is 0 Å². The lowest BCUT2D eigenvalue weighted by molar-refractivity contribution is 0.0533. The van der Waals surface area contributed by atoms with E-state index in [1.165, 1.54) is 22.0 Å². The number of aryl methyl sites for hydroxylation is 1. The van der Waals surface area contributed by atoms with Crippen molar-refractivity contribution >= 4 is 33.2 Å². The molecule has 5 nitrogen and oxygen atoms in total. The topological polar surface area (TPSA) is 74.3 Å². The fourth-order valence-electron chi connectivity index (χ4n) is 1.57. The second-order valence-corrected chi connectivity index (χ2v) is 4.51. The molecule has 0 bridgehead atoms. The highest BCUT2D eigenvalue weighted by atomic mass is 32.1. The summed E-state index contributed by atoms with van der Waals surface area (Å²) in [6.07, 6.45) is 0. The van der Waals surface area contributed by atoms with Crippen LogP contribution in [0.1, 0.15) is 16.6 Å². The highest BCUT2D eigenvalue weighted by molar-refractivity contribution is 7.21. The maximum atomic E-state index is 11.7. The molecule has 90 valence electrons. The maximum absolute atomic E-state index is 11.7. The summed E-state index contributed by atoms with van der Waals surface area (Å²) >= 11 is 1.18. The van der Waals surface area contributed by atoms with Crippen molar-refractivity contribution in [2.75, 3.05) is 12.3 Å². The number of nitrogens with two attached hydrogens (primary N) is 1. The Morgan fingerprint density at radius 1 is 1.53 bits per heavy atom. The summed E-state index contributed by atoms with van der Waals surface area (Å²) in [5.74, 6) is -0.446. The number of ether oxygens (including phenoxy) is 1. The normalized spacial score (nSPS) is 10.7. The number of aromatic nitrogens is 1. The first-order chi connectivity index (χ1) is 8.06. The monoisotopic (exact) mass is 252 g/mol. The zero-order chi connectivity index (χ0) is 12.6. The van der Waals surface area contributed by atoms with Gasteiger partial charge in [0, 0.05) is 18.5 Å². The molecule has 17 heavy (non-hydrogen) atoms. The molecule has 2 aromatic heterocycles. The molecule has 0 unspecified atom stereocenters. The van der Waals surface area contributed by atoms with Crippen molar-refractivity contribution in [1.82, 2.24) is 4.57 Å². The van der Waals surface area contributed by atoms with Gasteiger partial charge in [0.05, 0.1) is 12.3 Å². The number of thiophene rings is 1. The van der Waals surface area contributed by atoms with Gasteiger partial charge in [-0.1, -0.05) is 0 Å². The lowest BCUT2D eigenvalue weighted by atomic mass is 10.2. The SMILES string of the molecule is CCOC(=O)c1sc2c(ccc(=O)n2C)c1N. The van der Waals surface area contributed by atoms with Crippen molar-refractivity contribution in [3.63, 3.8) is 0 Å². The molecule has 0 saturated carbocycles. The molecule has 0 atom stereocenters. The summed E-state index contributed by atoms with van der Waals surface area (Å²) in [4.78, 5) is 24.1. The number of carbonyl (C=O) groups excluding carboxylic acids is 1. The highest BCUT2D eigenvalue weighted by Crippen LogP contribution is 2.32. The van der Waals surface area contributed by atoms with Crippen molar-refractivity contribution in [3.05, 3.63) is 27.4 Å². The van der Waals surface area contributed by atoms with Gasteiger partial charge in [0.15, 0.2) is 0 Å². The molecule has 0 radical (unpaired) electrons. The minimum atomic E-state index is -0.446. The zero-order valence-electron chi connectivity index (χ0n) is 9.52. The molecule has 0 aliphatic heterocycles. The fraction of sp³-hybridized carbons (Fsp3) is 0.273. The van der Waals surface area contributed by atoms with Crippen LogP contribution in [0.4, 0.5) is 5.69 Å². The summed E-state index contributed by atoms with van der Waals surface area (Å²) in [6.45, 7) is 2.03. The van der Waals surface area contributed by atoms with Gasteiger partial charge in [-0.15, -0.1) is 11.3 Å². The van der Waals surface area contributed by atoms with E-state index in [0.717, 1.165) is 0 Å². The third kappa shape index (κ3) is 1.80. The van der Waals surface area contributed by atoms with E-state index in [4.69, 9.17) is 10.5 Å². The van der Waals surface area contributed by atoms with Crippen LogP contribution in [0.15, 0.2) is 16.9 Å².